The van der Waals surface area contributed by atoms with E-state index in [4.69, 9.17) is 21.1 Å². The van der Waals surface area contributed by atoms with Gasteiger partial charge in [-0.1, -0.05) is 30.7 Å². The number of hydrogen-bond acceptors (Lipinski definition) is 5. The van der Waals surface area contributed by atoms with Crippen LogP contribution in [-0.4, -0.2) is 30.7 Å². The summed E-state index contributed by atoms with van der Waals surface area (Å²) in [5.74, 6) is -0.404. The minimum Gasteiger partial charge on any atom is -0.490 e. The van der Waals surface area contributed by atoms with E-state index in [0.29, 0.717) is 35.3 Å². The zero-order valence-corrected chi connectivity index (χ0v) is 18.0. The Kier molecular flexibility index (Phi) is 9.15. The molecule has 0 aliphatic heterocycles. The molecular weight excluding hydrogens is 406 g/mol. The number of benzene rings is 2. The van der Waals surface area contributed by atoms with Crippen molar-refractivity contribution >= 4 is 29.6 Å². The minimum atomic E-state index is -0.820. The molecule has 8 heteroatoms. The fourth-order valence-electron chi connectivity index (χ4n) is 2.34. The van der Waals surface area contributed by atoms with Crippen LogP contribution in [0.2, 0.25) is 5.02 Å². The number of nitrogens with zero attached hydrogens (tertiary/aromatic N) is 1. The van der Waals surface area contributed by atoms with E-state index in [0.717, 1.165) is 12.0 Å². The first-order valence-electron chi connectivity index (χ1n) is 9.70. The van der Waals surface area contributed by atoms with Crippen molar-refractivity contribution in [3.63, 3.8) is 0 Å². The lowest BCUT2D eigenvalue weighted by atomic mass is 10.2. The lowest BCUT2D eigenvalue weighted by molar-refractivity contribution is -0.139. The highest BCUT2D eigenvalue weighted by atomic mass is 35.5. The van der Waals surface area contributed by atoms with Crippen LogP contribution in [0.15, 0.2) is 47.6 Å². The van der Waals surface area contributed by atoms with E-state index in [9.17, 15) is 9.59 Å². The van der Waals surface area contributed by atoms with Crippen molar-refractivity contribution in [2.75, 3.05) is 6.61 Å². The van der Waals surface area contributed by atoms with Crippen LogP contribution in [0.5, 0.6) is 11.5 Å². The smallest absolute Gasteiger partial charge is 0.329 e. The minimum absolute atomic E-state index is 0.0820. The van der Waals surface area contributed by atoms with Crippen molar-refractivity contribution in [3.8, 4) is 11.5 Å². The van der Waals surface area contributed by atoms with E-state index >= 15 is 0 Å². The number of carbonyl (C=O) groups excluding carboxylic acids is 2. The molecule has 30 heavy (non-hydrogen) atoms. The van der Waals surface area contributed by atoms with Gasteiger partial charge in [0.25, 0.3) is 0 Å². The Bertz CT molecular complexity index is 884. The van der Waals surface area contributed by atoms with Gasteiger partial charge in [-0.05, 0) is 61.7 Å². The predicted octanol–water partition coefficient (Wildman–Crippen LogP) is 3.68. The van der Waals surface area contributed by atoms with Crippen molar-refractivity contribution in [3.05, 3.63) is 58.6 Å². The molecule has 0 bridgehead atoms. The molecule has 0 fully saturated rings. The molecule has 2 rings (SSSR count). The molecule has 0 aromatic heterocycles. The highest BCUT2D eigenvalue weighted by molar-refractivity contribution is 6.35. The quantitative estimate of drug-likeness (QED) is 0.360. The molecule has 0 saturated heterocycles. The van der Waals surface area contributed by atoms with Crippen LogP contribution < -0.4 is 20.2 Å². The van der Waals surface area contributed by atoms with Gasteiger partial charge in [0.15, 0.2) is 11.5 Å². The summed E-state index contributed by atoms with van der Waals surface area (Å²) in [6.07, 6.45) is 2.16. The second-order valence-corrected chi connectivity index (χ2v) is 6.97. The van der Waals surface area contributed by atoms with Gasteiger partial charge in [-0.25, -0.2) is 5.43 Å². The number of hydrogen-bond donors (Lipinski definition) is 2. The average Bonchev–Trinajstić information content (AvgIpc) is 2.74. The molecule has 0 unspecified atom stereocenters. The van der Waals surface area contributed by atoms with E-state index < -0.39 is 11.8 Å². The van der Waals surface area contributed by atoms with E-state index in [-0.39, 0.29) is 6.04 Å². The summed E-state index contributed by atoms with van der Waals surface area (Å²) in [7, 11) is 0. The average molecular weight is 432 g/mol. The molecule has 1 atom stereocenters. The number of hydrazone groups is 1. The number of amides is 2. The van der Waals surface area contributed by atoms with Crippen molar-refractivity contribution in [1.82, 2.24) is 10.7 Å². The van der Waals surface area contributed by atoms with E-state index in [1.165, 1.54) is 6.21 Å². The van der Waals surface area contributed by atoms with Crippen LogP contribution in [0.1, 0.15) is 38.3 Å². The van der Waals surface area contributed by atoms with Gasteiger partial charge in [0.2, 0.25) is 0 Å². The van der Waals surface area contributed by atoms with Gasteiger partial charge in [-0.3, -0.25) is 9.59 Å². The summed E-state index contributed by atoms with van der Waals surface area (Å²) in [6.45, 7) is 6.44. The fraction of sp³-hybridized carbons (Fsp3) is 0.318. The van der Waals surface area contributed by atoms with Crippen LogP contribution in [0, 0.1) is 0 Å². The third-order valence-electron chi connectivity index (χ3n) is 4.15. The van der Waals surface area contributed by atoms with Gasteiger partial charge < -0.3 is 14.8 Å². The van der Waals surface area contributed by atoms with Crippen LogP contribution in [0.3, 0.4) is 0 Å². The molecule has 0 aliphatic carbocycles. The molecule has 0 saturated carbocycles. The van der Waals surface area contributed by atoms with Crippen LogP contribution >= 0.6 is 11.6 Å². The summed E-state index contributed by atoms with van der Waals surface area (Å²) in [4.78, 5) is 23.5. The molecule has 160 valence electrons. The number of ether oxygens (including phenoxy) is 2. The second kappa shape index (κ2) is 11.8. The molecule has 0 heterocycles. The fourth-order valence-corrected chi connectivity index (χ4v) is 2.47. The Labute approximate surface area is 181 Å². The molecule has 0 spiro atoms. The van der Waals surface area contributed by atoms with Gasteiger partial charge in [0.1, 0.15) is 6.61 Å². The highest BCUT2D eigenvalue weighted by Crippen LogP contribution is 2.29. The maximum Gasteiger partial charge on any atom is 0.329 e. The van der Waals surface area contributed by atoms with Crippen molar-refractivity contribution in [2.45, 2.75) is 39.8 Å². The van der Waals surface area contributed by atoms with E-state index in [1.807, 2.05) is 32.9 Å². The summed E-state index contributed by atoms with van der Waals surface area (Å²) in [6, 6.07) is 12.6. The normalized spacial score (nSPS) is 11.7. The van der Waals surface area contributed by atoms with E-state index in [1.54, 1.807) is 30.3 Å². The molecular formula is C22H26ClN3O4. The molecule has 2 aromatic rings. The summed E-state index contributed by atoms with van der Waals surface area (Å²) >= 11 is 5.90. The van der Waals surface area contributed by atoms with Crippen molar-refractivity contribution in [1.29, 1.82) is 0 Å². The topological polar surface area (TPSA) is 89.0 Å². The van der Waals surface area contributed by atoms with Gasteiger partial charge in [-0.15, -0.1) is 0 Å². The Morgan fingerprint density at radius 1 is 1.07 bits per heavy atom. The molecule has 7 nitrogen and oxygen atoms in total. The lowest BCUT2D eigenvalue weighted by Crippen LogP contribution is -2.41. The Morgan fingerprint density at radius 3 is 2.47 bits per heavy atom. The van der Waals surface area contributed by atoms with Gasteiger partial charge >= 0.3 is 11.8 Å². The zero-order chi connectivity index (χ0) is 21.9. The van der Waals surface area contributed by atoms with E-state index in [2.05, 4.69) is 15.8 Å². The predicted molar refractivity (Wildman–Crippen MR) is 117 cm³/mol. The summed E-state index contributed by atoms with van der Waals surface area (Å²) in [5.41, 5.74) is 3.87. The second-order valence-electron chi connectivity index (χ2n) is 6.54. The van der Waals surface area contributed by atoms with Gasteiger partial charge in [0.05, 0.1) is 12.8 Å². The standard InChI is InChI=1S/C22H26ClN3O4/c1-4-15(3)25-21(27)22(28)26-24-13-17-8-11-19(20(12-17)29-5-2)30-14-16-6-9-18(23)10-7-16/h6-13,15H,4-5,14H2,1-3H3,(H,25,27)(H,26,28)/b24-13-/t15-/m1/s1. The molecule has 2 aromatic carbocycles. The molecule has 0 aliphatic rings. The number of rotatable bonds is 9. The number of carbonyl (C=O) groups is 2. The van der Waals surface area contributed by atoms with Gasteiger partial charge in [0, 0.05) is 11.1 Å². The molecule has 2 amide bonds. The number of nitrogens with one attached hydrogen (secondary N) is 2. The molecule has 0 radical (unpaired) electrons. The Morgan fingerprint density at radius 2 is 1.80 bits per heavy atom. The van der Waals surface area contributed by atoms with Crippen LogP contribution in [0.25, 0.3) is 0 Å². The third-order valence-corrected chi connectivity index (χ3v) is 4.40. The molecule has 2 N–H and O–H groups in total. The number of halogens is 1. The summed E-state index contributed by atoms with van der Waals surface area (Å²) < 4.78 is 11.5. The Hall–Kier alpha value is -3.06. The Balaban J connectivity index is 1.99. The maximum atomic E-state index is 11.8. The zero-order valence-electron chi connectivity index (χ0n) is 17.3. The largest absolute Gasteiger partial charge is 0.490 e. The SMILES string of the molecule is CCOc1cc(/C=N\NC(=O)C(=O)N[C@H](C)CC)ccc1OCc1ccc(Cl)cc1. The van der Waals surface area contributed by atoms with Crippen molar-refractivity contribution < 1.29 is 19.1 Å². The third kappa shape index (κ3) is 7.40. The highest BCUT2D eigenvalue weighted by Gasteiger charge is 2.14. The first-order chi connectivity index (χ1) is 14.4. The maximum absolute atomic E-state index is 11.8. The monoisotopic (exact) mass is 431 g/mol. The van der Waals surface area contributed by atoms with Crippen molar-refractivity contribution in [2.24, 2.45) is 5.10 Å². The first kappa shape index (κ1) is 23.2. The van der Waals surface area contributed by atoms with Crippen LogP contribution in [-0.2, 0) is 16.2 Å². The first-order valence-corrected chi connectivity index (χ1v) is 10.1. The van der Waals surface area contributed by atoms with Gasteiger partial charge in [-0.2, -0.15) is 5.10 Å². The van der Waals surface area contributed by atoms with Crippen LogP contribution in [0.4, 0.5) is 0 Å². The lowest BCUT2D eigenvalue weighted by Gasteiger charge is -2.13. The summed E-state index contributed by atoms with van der Waals surface area (Å²) in [5, 5.41) is 7.08.